The van der Waals surface area contributed by atoms with Gasteiger partial charge in [-0.3, -0.25) is 4.79 Å². The number of carbonyl (C=O) groups is 1. The molecule has 0 saturated carbocycles. The van der Waals surface area contributed by atoms with Crippen LogP contribution < -0.4 is 5.32 Å². The average molecular weight is 468 g/mol. The lowest BCUT2D eigenvalue weighted by Gasteiger charge is -2.26. The summed E-state index contributed by atoms with van der Waals surface area (Å²) in [5.74, 6) is -0.985. The lowest BCUT2D eigenvalue weighted by Crippen LogP contribution is -2.35. The monoisotopic (exact) mass is 467 g/mol. The minimum absolute atomic E-state index is 0.0357. The maximum Gasteiger partial charge on any atom is 0.255 e. The van der Waals surface area contributed by atoms with Crippen LogP contribution in [-0.2, 0) is 20.0 Å². The van der Waals surface area contributed by atoms with Crippen molar-refractivity contribution in [3.05, 3.63) is 48.0 Å². The SMILES string of the molecule is CN(C)S(=O)(=O)c1cccc(C(=O)Nc2cc(S(=O)(=O)N3CCCCC3)ccc2O)c1. The predicted molar refractivity (Wildman–Crippen MR) is 116 cm³/mol. The van der Waals surface area contributed by atoms with Gasteiger partial charge in [0.2, 0.25) is 20.0 Å². The van der Waals surface area contributed by atoms with Crippen molar-refractivity contribution in [2.75, 3.05) is 32.5 Å². The second-order valence-electron chi connectivity index (χ2n) is 7.41. The van der Waals surface area contributed by atoms with Gasteiger partial charge in [-0.2, -0.15) is 4.31 Å². The van der Waals surface area contributed by atoms with Crippen molar-refractivity contribution < 1.29 is 26.7 Å². The Morgan fingerprint density at radius 1 is 0.968 bits per heavy atom. The molecule has 31 heavy (non-hydrogen) atoms. The number of amides is 1. The summed E-state index contributed by atoms with van der Waals surface area (Å²) in [6.07, 6.45) is 2.55. The van der Waals surface area contributed by atoms with E-state index >= 15 is 0 Å². The van der Waals surface area contributed by atoms with E-state index in [9.17, 15) is 26.7 Å². The molecule has 1 fully saturated rings. The Labute approximate surface area is 182 Å². The summed E-state index contributed by atoms with van der Waals surface area (Å²) in [5.41, 5.74) is -0.0319. The number of aromatic hydroxyl groups is 1. The predicted octanol–water partition coefficient (Wildman–Crippen LogP) is 2.07. The summed E-state index contributed by atoms with van der Waals surface area (Å²) < 4.78 is 52.8. The fourth-order valence-electron chi connectivity index (χ4n) is 3.23. The van der Waals surface area contributed by atoms with Crippen LogP contribution in [0.2, 0.25) is 0 Å². The smallest absolute Gasteiger partial charge is 0.255 e. The molecule has 1 heterocycles. The second kappa shape index (κ2) is 8.95. The molecule has 1 amide bonds. The Balaban J connectivity index is 1.88. The summed E-state index contributed by atoms with van der Waals surface area (Å²) in [5, 5.41) is 12.6. The second-order valence-corrected chi connectivity index (χ2v) is 11.5. The van der Waals surface area contributed by atoms with E-state index in [4.69, 9.17) is 0 Å². The zero-order chi connectivity index (χ0) is 22.8. The molecule has 1 aliphatic heterocycles. The highest BCUT2D eigenvalue weighted by molar-refractivity contribution is 7.89. The molecule has 3 rings (SSSR count). The summed E-state index contributed by atoms with van der Waals surface area (Å²) in [6.45, 7) is 0.857. The van der Waals surface area contributed by atoms with Crippen LogP contribution in [0.3, 0.4) is 0 Å². The van der Waals surface area contributed by atoms with Gasteiger partial charge in [0.15, 0.2) is 0 Å². The number of hydrogen-bond donors (Lipinski definition) is 2. The van der Waals surface area contributed by atoms with Crippen LogP contribution >= 0.6 is 0 Å². The number of rotatable bonds is 6. The van der Waals surface area contributed by atoms with E-state index < -0.39 is 26.0 Å². The normalized spacial score (nSPS) is 15.7. The Morgan fingerprint density at radius 2 is 1.65 bits per heavy atom. The zero-order valence-electron chi connectivity index (χ0n) is 17.3. The van der Waals surface area contributed by atoms with E-state index in [-0.39, 0.29) is 26.8 Å². The number of hydrogen-bond acceptors (Lipinski definition) is 6. The molecule has 2 N–H and O–H groups in total. The Bertz CT molecular complexity index is 1190. The van der Waals surface area contributed by atoms with Gasteiger partial charge in [-0.05, 0) is 49.2 Å². The van der Waals surface area contributed by atoms with Crippen LogP contribution in [0.4, 0.5) is 5.69 Å². The molecule has 1 saturated heterocycles. The first-order valence-corrected chi connectivity index (χ1v) is 12.6. The van der Waals surface area contributed by atoms with Crippen LogP contribution in [0, 0.1) is 0 Å². The van der Waals surface area contributed by atoms with E-state index in [0.717, 1.165) is 23.6 Å². The molecular formula is C20H25N3O6S2. The van der Waals surface area contributed by atoms with E-state index in [1.807, 2.05) is 0 Å². The van der Waals surface area contributed by atoms with Crippen molar-refractivity contribution in [1.29, 1.82) is 0 Å². The summed E-state index contributed by atoms with van der Waals surface area (Å²) in [7, 11) is -4.72. The Hall–Kier alpha value is -2.47. The molecule has 0 aliphatic carbocycles. The third kappa shape index (κ3) is 4.90. The number of anilines is 1. The lowest BCUT2D eigenvalue weighted by molar-refractivity contribution is 0.102. The molecule has 2 aromatic carbocycles. The van der Waals surface area contributed by atoms with E-state index in [1.165, 1.54) is 60.9 Å². The maximum atomic E-state index is 12.9. The molecule has 11 heteroatoms. The van der Waals surface area contributed by atoms with Crippen molar-refractivity contribution in [3.63, 3.8) is 0 Å². The summed E-state index contributed by atoms with van der Waals surface area (Å²) in [4.78, 5) is 12.6. The van der Waals surface area contributed by atoms with Gasteiger partial charge in [0.1, 0.15) is 5.75 Å². The topological polar surface area (TPSA) is 124 Å². The molecule has 9 nitrogen and oxygen atoms in total. The van der Waals surface area contributed by atoms with E-state index in [0.29, 0.717) is 13.1 Å². The van der Waals surface area contributed by atoms with Crippen LogP contribution in [-0.4, -0.2) is 63.6 Å². The highest BCUT2D eigenvalue weighted by Gasteiger charge is 2.27. The lowest BCUT2D eigenvalue weighted by atomic mass is 10.2. The molecule has 168 valence electrons. The van der Waals surface area contributed by atoms with Gasteiger partial charge in [-0.25, -0.2) is 21.1 Å². The number of phenols is 1. The average Bonchev–Trinajstić information content (AvgIpc) is 2.75. The standard InChI is InChI=1S/C20H25N3O6S2/c1-22(2)30(26,27)16-8-6-7-15(13-16)20(25)21-18-14-17(9-10-19(18)24)31(28,29)23-11-4-3-5-12-23/h6-10,13-14,24H,3-5,11-12H2,1-2H3,(H,21,25). The van der Waals surface area contributed by atoms with Crippen molar-refractivity contribution in [3.8, 4) is 5.75 Å². The minimum atomic E-state index is -3.75. The van der Waals surface area contributed by atoms with Gasteiger partial charge in [0.05, 0.1) is 15.5 Å². The van der Waals surface area contributed by atoms with Gasteiger partial charge < -0.3 is 10.4 Å². The molecule has 0 radical (unpaired) electrons. The Morgan fingerprint density at radius 3 is 2.29 bits per heavy atom. The quantitative estimate of drug-likeness (QED) is 0.627. The number of nitrogens with zero attached hydrogens (tertiary/aromatic N) is 2. The van der Waals surface area contributed by atoms with Gasteiger partial charge >= 0.3 is 0 Å². The maximum absolute atomic E-state index is 12.9. The largest absolute Gasteiger partial charge is 0.506 e. The number of phenolic OH excluding ortho intramolecular Hbond substituents is 1. The first-order valence-electron chi connectivity index (χ1n) is 9.70. The van der Waals surface area contributed by atoms with Crippen LogP contribution in [0.25, 0.3) is 0 Å². The van der Waals surface area contributed by atoms with Crippen molar-refractivity contribution in [1.82, 2.24) is 8.61 Å². The number of piperidine rings is 1. The van der Waals surface area contributed by atoms with Gasteiger partial charge in [0.25, 0.3) is 5.91 Å². The third-order valence-corrected chi connectivity index (χ3v) is 8.75. The van der Waals surface area contributed by atoms with Crippen molar-refractivity contribution >= 4 is 31.6 Å². The fourth-order valence-corrected chi connectivity index (χ4v) is 5.73. The zero-order valence-corrected chi connectivity index (χ0v) is 18.9. The van der Waals surface area contributed by atoms with E-state index in [2.05, 4.69) is 5.32 Å². The van der Waals surface area contributed by atoms with Gasteiger partial charge in [0, 0.05) is 32.7 Å². The van der Waals surface area contributed by atoms with Crippen molar-refractivity contribution in [2.24, 2.45) is 0 Å². The fraction of sp³-hybridized carbons (Fsp3) is 0.350. The molecule has 0 atom stereocenters. The number of nitrogens with one attached hydrogen (secondary N) is 1. The molecule has 1 aliphatic rings. The van der Waals surface area contributed by atoms with Gasteiger partial charge in [-0.1, -0.05) is 12.5 Å². The first kappa shape index (κ1) is 23.2. The highest BCUT2D eigenvalue weighted by Crippen LogP contribution is 2.29. The molecule has 0 bridgehead atoms. The third-order valence-electron chi connectivity index (χ3n) is 5.04. The molecule has 2 aromatic rings. The van der Waals surface area contributed by atoms with Gasteiger partial charge in [-0.15, -0.1) is 0 Å². The van der Waals surface area contributed by atoms with Crippen molar-refractivity contribution in [2.45, 2.75) is 29.1 Å². The van der Waals surface area contributed by atoms with Crippen LogP contribution in [0.1, 0.15) is 29.6 Å². The molecule has 0 unspecified atom stereocenters. The molecular weight excluding hydrogens is 442 g/mol. The number of sulfonamides is 2. The molecule has 0 aromatic heterocycles. The number of benzene rings is 2. The van der Waals surface area contributed by atoms with Crippen LogP contribution in [0.5, 0.6) is 5.75 Å². The number of carbonyl (C=O) groups excluding carboxylic acids is 1. The van der Waals surface area contributed by atoms with Crippen LogP contribution in [0.15, 0.2) is 52.3 Å². The first-order chi connectivity index (χ1) is 14.5. The minimum Gasteiger partial charge on any atom is -0.506 e. The van der Waals surface area contributed by atoms with E-state index in [1.54, 1.807) is 0 Å². The summed E-state index contributed by atoms with van der Waals surface area (Å²) >= 11 is 0. The Kier molecular flexibility index (Phi) is 6.70. The molecule has 0 spiro atoms. The summed E-state index contributed by atoms with van der Waals surface area (Å²) in [6, 6.07) is 9.15. The highest BCUT2D eigenvalue weighted by atomic mass is 32.2.